The molecular formula is C11H23NO. The van der Waals surface area contributed by atoms with Crippen LogP contribution in [0.4, 0.5) is 0 Å². The highest BCUT2D eigenvalue weighted by molar-refractivity contribution is 4.68. The summed E-state index contributed by atoms with van der Waals surface area (Å²) >= 11 is 0. The van der Waals surface area contributed by atoms with Crippen molar-refractivity contribution < 1.29 is 4.74 Å². The van der Waals surface area contributed by atoms with Gasteiger partial charge >= 0.3 is 0 Å². The van der Waals surface area contributed by atoms with Crippen LogP contribution >= 0.6 is 0 Å². The Kier molecular flexibility index (Phi) is 4.20. The van der Waals surface area contributed by atoms with Crippen molar-refractivity contribution in [3.05, 3.63) is 0 Å². The molecule has 1 fully saturated rings. The van der Waals surface area contributed by atoms with Gasteiger partial charge in [-0.05, 0) is 30.7 Å². The lowest BCUT2D eigenvalue weighted by Gasteiger charge is -2.18. The highest BCUT2D eigenvalue weighted by Crippen LogP contribution is 2.17. The van der Waals surface area contributed by atoms with Gasteiger partial charge in [0.25, 0.3) is 0 Å². The van der Waals surface area contributed by atoms with Crippen LogP contribution in [-0.4, -0.2) is 26.3 Å². The molecule has 1 unspecified atom stereocenters. The summed E-state index contributed by atoms with van der Waals surface area (Å²) in [4.78, 5) is 0. The highest BCUT2D eigenvalue weighted by atomic mass is 16.5. The van der Waals surface area contributed by atoms with Crippen LogP contribution in [0.1, 0.15) is 33.6 Å². The van der Waals surface area contributed by atoms with Gasteiger partial charge in [-0.25, -0.2) is 0 Å². The maximum absolute atomic E-state index is 5.32. The van der Waals surface area contributed by atoms with Crippen molar-refractivity contribution in [2.75, 3.05) is 26.3 Å². The Hall–Kier alpha value is -0.0800. The maximum Gasteiger partial charge on any atom is 0.0507 e. The normalized spacial score (nSPS) is 23.8. The zero-order valence-corrected chi connectivity index (χ0v) is 9.23. The van der Waals surface area contributed by atoms with Gasteiger partial charge in [-0.2, -0.15) is 0 Å². The molecule has 1 N–H and O–H groups in total. The van der Waals surface area contributed by atoms with Gasteiger partial charge in [0.15, 0.2) is 0 Å². The largest absolute Gasteiger partial charge is 0.381 e. The van der Waals surface area contributed by atoms with Crippen LogP contribution in [0, 0.1) is 11.3 Å². The van der Waals surface area contributed by atoms with E-state index in [1.807, 2.05) is 0 Å². The van der Waals surface area contributed by atoms with Crippen molar-refractivity contribution in [2.24, 2.45) is 11.3 Å². The molecule has 2 nitrogen and oxygen atoms in total. The summed E-state index contributed by atoms with van der Waals surface area (Å²) < 4.78 is 5.32. The second-order valence-electron chi connectivity index (χ2n) is 5.24. The lowest BCUT2D eigenvalue weighted by Crippen LogP contribution is -2.26. The average molecular weight is 185 g/mol. The third kappa shape index (κ3) is 5.27. The van der Waals surface area contributed by atoms with Crippen LogP contribution in [0.2, 0.25) is 0 Å². The fourth-order valence-electron chi connectivity index (χ4n) is 1.51. The first kappa shape index (κ1) is 11.0. The predicted octanol–water partition coefficient (Wildman–Crippen LogP) is 2.05. The Labute approximate surface area is 82.0 Å². The Morgan fingerprint density at radius 1 is 1.38 bits per heavy atom. The molecule has 1 aliphatic heterocycles. The van der Waals surface area contributed by atoms with Crippen molar-refractivity contribution in [2.45, 2.75) is 33.6 Å². The van der Waals surface area contributed by atoms with E-state index in [1.165, 1.54) is 12.8 Å². The smallest absolute Gasteiger partial charge is 0.0507 e. The van der Waals surface area contributed by atoms with E-state index in [2.05, 4.69) is 26.1 Å². The fraction of sp³-hybridized carbons (Fsp3) is 1.00. The third-order valence-electron chi connectivity index (χ3n) is 2.51. The monoisotopic (exact) mass is 185 g/mol. The number of nitrogens with one attached hydrogen (secondary N) is 1. The minimum absolute atomic E-state index is 0.458. The topological polar surface area (TPSA) is 21.3 Å². The van der Waals surface area contributed by atoms with Crippen molar-refractivity contribution in [3.63, 3.8) is 0 Å². The number of hydrogen-bond acceptors (Lipinski definition) is 2. The second-order valence-corrected chi connectivity index (χ2v) is 5.24. The van der Waals surface area contributed by atoms with E-state index in [0.717, 1.165) is 32.2 Å². The first-order valence-electron chi connectivity index (χ1n) is 5.36. The van der Waals surface area contributed by atoms with Crippen LogP contribution in [0.5, 0.6) is 0 Å². The van der Waals surface area contributed by atoms with Crippen LogP contribution in [0.25, 0.3) is 0 Å². The molecule has 1 heterocycles. The van der Waals surface area contributed by atoms with E-state index >= 15 is 0 Å². The van der Waals surface area contributed by atoms with Gasteiger partial charge in [-0.3, -0.25) is 0 Å². The Bertz CT molecular complexity index is 134. The molecule has 0 saturated carbocycles. The van der Waals surface area contributed by atoms with Crippen LogP contribution in [-0.2, 0) is 4.74 Å². The van der Waals surface area contributed by atoms with Gasteiger partial charge in [-0.15, -0.1) is 0 Å². The van der Waals surface area contributed by atoms with Crippen molar-refractivity contribution in [1.29, 1.82) is 0 Å². The summed E-state index contributed by atoms with van der Waals surface area (Å²) in [5, 5.41) is 3.50. The summed E-state index contributed by atoms with van der Waals surface area (Å²) in [6, 6.07) is 0. The van der Waals surface area contributed by atoms with Gasteiger partial charge < -0.3 is 10.1 Å². The molecule has 1 atom stereocenters. The van der Waals surface area contributed by atoms with E-state index in [9.17, 15) is 0 Å². The quantitative estimate of drug-likeness (QED) is 0.677. The van der Waals surface area contributed by atoms with Crippen LogP contribution < -0.4 is 5.32 Å². The van der Waals surface area contributed by atoms with E-state index < -0.39 is 0 Å². The Morgan fingerprint density at radius 3 is 2.69 bits per heavy atom. The molecule has 1 rings (SSSR count). The second kappa shape index (κ2) is 4.97. The molecule has 1 aliphatic rings. The number of ether oxygens (including phenoxy) is 1. The lowest BCUT2D eigenvalue weighted by atomic mass is 9.92. The Balaban J connectivity index is 1.94. The molecule has 1 saturated heterocycles. The summed E-state index contributed by atoms with van der Waals surface area (Å²) in [6.07, 6.45) is 2.49. The van der Waals surface area contributed by atoms with E-state index in [4.69, 9.17) is 4.74 Å². The molecule has 13 heavy (non-hydrogen) atoms. The summed E-state index contributed by atoms with van der Waals surface area (Å²) in [7, 11) is 0. The summed E-state index contributed by atoms with van der Waals surface area (Å²) in [6.45, 7) is 11.1. The van der Waals surface area contributed by atoms with Gasteiger partial charge in [-0.1, -0.05) is 20.8 Å². The van der Waals surface area contributed by atoms with E-state index in [1.54, 1.807) is 0 Å². The fourth-order valence-corrected chi connectivity index (χ4v) is 1.51. The minimum atomic E-state index is 0.458. The molecule has 78 valence electrons. The Morgan fingerprint density at radius 2 is 2.15 bits per heavy atom. The first-order chi connectivity index (χ1) is 6.08. The minimum Gasteiger partial charge on any atom is -0.381 e. The van der Waals surface area contributed by atoms with Gasteiger partial charge in [0.1, 0.15) is 0 Å². The van der Waals surface area contributed by atoms with Gasteiger partial charge in [0.05, 0.1) is 6.61 Å². The zero-order chi connectivity index (χ0) is 9.73. The van der Waals surface area contributed by atoms with E-state index in [0.29, 0.717) is 5.41 Å². The summed E-state index contributed by atoms with van der Waals surface area (Å²) in [5.41, 5.74) is 0.458. The molecule has 0 aromatic carbocycles. The number of hydrogen-bond donors (Lipinski definition) is 1. The zero-order valence-electron chi connectivity index (χ0n) is 9.23. The molecular weight excluding hydrogens is 162 g/mol. The van der Waals surface area contributed by atoms with Crippen LogP contribution in [0.3, 0.4) is 0 Å². The summed E-state index contributed by atoms with van der Waals surface area (Å²) in [5.74, 6) is 0.764. The van der Waals surface area contributed by atoms with Crippen LogP contribution in [0.15, 0.2) is 0 Å². The van der Waals surface area contributed by atoms with Crippen molar-refractivity contribution >= 4 is 0 Å². The molecule has 0 radical (unpaired) electrons. The molecule has 0 aliphatic carbocycles. The predicted molar refractivity (Wildman–Crippen MR) is 55.9 cm³/mol. The lowest BCUT2D eigenvalue weighted by molar-refractivity contribution is 0.185. The van der Waals surface area contributed by atoms with Gasteiger partial charge in [0.2, 0.25) is 0 Å². The maximum atomic E-state index is 5.32. The number of rotatable bonds is 4. The first-order valence-corrected chi connectivity index (χ1v) is 5.36. The van der Waals surface area contributed by atoms with Crippen molar-refractivity contribution in [1.82, 2.24) is 5.32 Å². The molecule has 0 bridgehead atoms. The van der Waals surface area contributed by atoms with E-state index in [-0.39, 0.29) is 0 Å². The molecule has 0 amide bonds. The molecule has 0 spiro atoms. The third-order valence-corrected chi connectivity index (χ3v) is 2.51. The average Bonchev–Trinajstić information content (AvgIpc) is 2.48. The highest BCUT2D eigenvalue weighted by Gasteiger charge is 2.15. The molecule has 0 aromatic heterocycles. The molecule has 2 heteroatoms. The van der Waals surface area contributed by atoms with Crippen molar-refractivity contribution in [3.8, 4) is 0 Å². The van der Waals surface area contributed by atoms with Gasteiger partial charge in [0, 0.05) is 13.2 Å². The SMILES string of the molecule is CC(C)(C)CCNCC1CCOC1. The standard InChI is InChI=1S/C11H23NO/c1-11(2,3)5-6-12-8-10-4-7-13-9-10/h10,12H,4-9H2,1-3H3. The molecule has 0 aromatic rings.